The highest BCUT2D eigenvalue weighted by Crippen LogP contribution is 2.22. The highest BCUT2D eigenvalue weighted by Gasteiger charge is 2.03. The highest BCUT2D eigenvalue weighted by atomic mass is 79.9. The van der Waals surface area contributed by atoms with E-state index in [4.69, 9.17) is 10.5 Å². The third kappa shape index (κ3) is 3.31. The van der Waals surface area contributed by atoms with Crippen LogP contribution < -0.4 is 10.5 Å². The van der Waals surface area contributed by atoms with Crippen LogP contribution in [-0.4, -0.2) is 16.4 Å². The van der Waals surface area contributed by atoms with Gasteiger partial charge in [-0.05, 0) is 24.3 Å². The van der Waals surface area contributed by atoms with Crippen molar-refractivity contribution in [1.29, 1.82) is 0 Å². The first kappa shape index (κ1) is 12.1. The fourth-order valence-corrected chi connectivity index (χ4v) is 1.94. The van der Waals surface area contributed by atoms with Crippen molar-refractivity contribution in [2.45, 2.75) is 13.1 Å². The van der Waals surface area contributed by atoms with Gasteiger partial charge < -0.3 is 10.5 Å². The number of rotatable bonds is 5. The minimum Gasteiger partial charge on any atom is -0.491 e. The van der Waals surface area contributed by atoms with Gasteiger partial charge in [-0.1, -0.05) is 15.9 Å². The monoisotopic (exact) mass is 295 g/mol. The molecular weight excluding hydrogens is 282 g/mol. The molecule has 5 heteroatoms. The average Bonchev–Trinajstić information content (AvgIpc) is 2.84. The van der Waals surface area contributed by atoms with E-state index in [0.717, 1.165) is 22.3 Å². The third-order valence-electron chi connectivity index (χ3n) is 2.38. The lowest BCUT2D eigenvalue weighted by Gasteiger charge is -2.10. The molecule has 4 nitrogen and oxygen atoms in total. The summed E-state index contributed by atoms with van der Waals surface area (Å²) in [4.78, 5) is 0. The maximum atomic E-state index is 5.69. The van der Waals surface area contributed by atoms with E-state index in [2.05, 4.69) is 21.0 Å². The van der Waals surface area contributed by atoms with Crippen molar-refractivity contribution < 1.29 is 4.74 Å². The summed E-state index contributed by atoms with van der Waals surface area (Å²) < 4.78 is 8.54. The SMILES string of the molecule is NCc1cc(Br)ccc1OCCn1cccn1. The van der Waals surface area contributed by atoms with Crippen LogP contribution in [0, 0.1) is 0 Å². The molecule has 0 aliphatic rings. The van der Waals surface area contributed by atoms with Gasteiger partial charge in [0.2, 0.25) is 0 Å². The zero-order valence-electron chi connectivity index (χ0n) is 9.34. The predicted molar refractivity (Wildman–Crippen MR) is 69.8 cm³/mol. The second-order valence-electron chi connectivity index (χ2n) is 3.57. The zero-order chi connectivity index (χ0) is 12.1. The molecule has 1 aromatic carbocycles. The van der Waals surface area contributed by atoms with Crippen molar-refractivity contribution in [3.63, 3.8) is 0 Å². The van der Waals surface area contributed by atoms with Crippen LogP contribution in [0.3, 0.4) is 0 Å². The van der Waals surface area contributed by atoms with Crippen molar-refractivity contribution in [3.8, 4) is 5.75 Å². The molecule has 2 aromatic rings. The lowest BCUT2D eigenvalue weighted by molar-refractivity contribution is 0.288. The Kier molecular flexibility index (Phi) is 4.17. The van der Waals surface area contributed by atoms with Gasteiger partial charge in [0.15, 0.2) is 0 Å². The molecule has 0 unspecified atom stereocenters. The van der Waals surface area contributed by atoms with Gasteiger partial charge in [-0.2, -0.15) is 5.10 Å². The van der Waals surface area contributed by atoms with Gasteiger partial charge in [-0.15, -0.1) is 0 Å². The normalized spacial score (nSPS) is 10.5. The van der Waals surface area contributed by atoms with Crippen molar-refractivity contribution in [1.82, 2.24) is 9.78 Å². The number of nitrogens with zero attached hydrogens (tertiary/aromatic N) is 2. The maximum Gasteiger partial charge on any atom is 0.123 e. The van der Waals surface area contributed by atoms with Crippen molar-refractivity contribution in [2.24, 2.45) is 5.73 Å². The van der Waals surface area contributed by atoms with Gasteiger partial charge in [0.05, 0.1) is 6.54 Å². The van der Waals surface area contributed by atoms with E-state index in [9.17, 15) is 0 Å². The second-order valence-corrected chi connectivity index (χ2v) is 4.49. The molecule has 1 heterocycles. The Morgan fingerprint density at radius 1 is 1.41 bits per heavy atom. The zero-order valence-corrected chi connectivity index (χ0v) is 10.9. The summed E-state index contributed by atoms with van der Waals surface area (Å²) in [5.74, 6) is 0.836. The molecule has 2 N–H and O–H groups in total. The lowest BCUT2D eigenvalue weighted by Crippen LogP contribution is -2.10. The molecule has 0 atom stereocenters. The summed E-state index contributed by atoms with van der Waals surface area (Å²) in [6, 6.07) is 7.74. The summed E-state index contributed by atoms with van der Waals surface area (Å²) >= 11 is 3.41. The smallest absolute Gasteiger partial charge is 0.123 e. The average molecular weight is 296 g/mol. The highest BCUT2D eigenvalue weighted by molar-refractivity contribution is 9.10. The van der Waals surface area contributed by atoms with Gasteiger partial charge in [0.1, 0.15) is 12.4 Å². The van der Waals surface area contributed by atoms with E-state index in [1.54, 1.807) is 6.20 Å². The first-order valence-electron chi connectivity index (χ1n) is 5.38. The fraction of sp³-hybridized carbons (Fsp3) is 0.250. The Labute approximate surface area is 109 Å². The van der Waals surface area contributed by atoms with Crippen LogP contribution in [0.25, 0.3) is 0 Å². The number of hydrogen-bond acceptors (Lipinski definition) is 3. The minimum atomic E-state index is 0.469. The molecule has 0 spiro atoms. The summed E-state index contributed by atoms with van der Waals surface area (Å²) in [6.07, 6.45) is 3.67. The summed E-state index contributed by atoms with van der Waals surface area (Å²) in [7, 11) is 0. The van der Waals surface area contributed by atoms with E-state index < -0.39 is 0 Å². The van der Waals surface area contributed by atoms with Gasteiger partial charge >= 0.3 is 0 Å². The molecule has 17 heavy (non-hydrogen) atoms. The van der Waals surface area contributed by atoms with Crippen LogP contribution in [0.4, 0.5) is 0 Å². The molecule has 0 amide bonds. The Balaban J connectivity index is 1.94. The quantitative estimate of drug-likeness (QED) is 0.920. The molecule has 0 saturated heterocycles. The van der Waals surface area contributed by atoms with Crippen LogP contribution in [0.15, 0.2) is 41.1 Å². The molecule has 0 bridgehead atoms. The van der Waals surface area contributed by atoms with Gasteiger partial charge in [0, 0.05) is 29.0 Å². The van der Waals surface area contributed by atoms with Crippen LogP contribution in [-0.2, 0) is 13.1 Å². The van der Waals surface area contributed by atoms with Crippen LogP contribution in [0.1, 0.15) is 5.56 Å². The Morgan fingerprint density at radius 2 is 2.29 bits per heavy atom. The van der Waals surface area contributed by atoms with Crippen LogP contribution >= 0.6 is 15.9 Å². The van der Waals surface area contributed by atoms with Gasteiger partial charge in [-0.25, -0.2) is 0 Å². The molecule has 0 saturated carbocycles. The van der Waals surface area contributed by atoms with E-state index in [1.165, 1.54) is 0 Å². The van der Waals surface area contributed by atoms with Gasteiger partial charge in [0.25, 0.3) is 0 Å². The molecule has 0 aliphatic heterocycles. The molecule has 2 rings (SSSR count). The van der Waals surface area contributed by atoms with Crippen molar-refractivity contribution in [2.75, 3.05) is 6.61 Å². The Morgan fingerprint density at radius 3 is 3.00 bits per heavy atom. The van der Waals surface area contributed by atoms with E-state index in [-0.39, 0.29) is 0 Å². The van der Waals surface area contributed by atoms with E-state index in [0.29, 0.717) is 13.2 Å². The first-order chi connectivity index (χ1) is 8.29. The number of aromatic nitrogens is 2. The standard InChI is InChI=1S/C12H14BrN3O/c13-11-2-3-12(10(8-11)9-14)17-7-6-16-5-1-4-15-16/h1-5,8H,6-7,9,14H2. The van der Waals surface area contributed by atoms with E-state index in [1.807, 2.05) is 35.1 Å². The second kappa shape index (κ2) is 5.84. The van der Waals surface area contributed by atoms with Crippen LogP contribution in [0.2, 0.25) is 0 Å². The lowest BCUT2D eigenvalue weighted by atomic mass is 10.2. The number of hydrogen-bond donors (Lipinski definition) is 1. The Bertz CT molecular complexity index is 471. The number of nitrogens with two attached hydrogens (primary N) is 1. The summed E-state index contributed by atoms with van der Waals surface area (Å²) in [6.45, 7) is 1.78. The molecular formula is C12H14BrN3O. The summed E-state index contributed by atoms with van der Waals surface area (Å²) in [5, 5.41) is 4.11. The molecule has 1 aromatic heterocycles. The number of halogens is 1. The largest absolute Gasteiger partial charge is 0.491 e. The first-order valence-corrected chi connectivity index (χ1v) is 6.17. The third-order valence-corrected chi connectivity index (χ3v) is 2.87. The molecule has 0 radical (unpaired) electrons. The topological polar surface area (TPSA) is 53.1 Å². The predicted octanol–water partition coefficient (Wildman–Crippen LogP) is 2.18. The van der Waals surface area contributed by atoms with Crippen LogP contribution in [0.5, 0.6) is 5.75 Å². The maximum absolute atomic E-state index is 5.69. The molecule has 0 fully saturated rings. The van der Waals surface area contributed by atoms with Crippen molar-refractivity contribution in [3.05, 3.63) is 46.7 Å². The fourth-order valence-electron chi connectivity index (χ4n) is 1.53. The number of benzene rings is 1. The Hall–Kier alpha value is -1.33. The summed E-state index contributed by atoms with van der Waals surface area (Å²) in [5.41, 5.74) is 6.67. The van der Waals surface area contributed by atoms with Crippen molar-refractivity contribution >= 4 is 15.9 Å². The molecule has 90 valence electrons. The molecule has 0 aliphatic carbocycles. The minimum absolute atomic E-state index is 0.469. The van der Waals surface area contributed by atoms with Gasteiger partial charge in [-0.3, -0.25) is 4.68 Å². The number of ether oxygens (including phenoxy) is 1. The van der Waals surface area contributed by atoms with E-state index >= 15 is 0 Å².